The van der Waals surface area contributed by atoms with Crippen LogP contribution in [0.15, 0.2) is 18.2 Å². The Morgan fingerprint density at radius 1 is 1.37 bits per heavy atom. The van der Waals surface area contributed by atoms with E-state index in [-0.39, 0.29) is 28.8 Å². The molecule has 0 saturated heterocycles. The van der Waals surface area contributed by atoms with E-state index < -0.39 is 11.7 Å². The third kappa shape index (κ3) is 2.28. The van der Waals surface area contributed by atoms with Crippen LogP contribution in [0.25, 0.3) is 0 Å². The lowest BCUT2D eigenvalue weighted by molar-refractivity contribution is -0.123. The van der Waals surface area contributed by atoms with Crippen molar-refractivity contribution in [3.05, 3.63) is 28.8 Å². The third-order valence-electron chi connectivity index (χ3n) is 3.42. The van der Waals surface area contributed by atoms with Crippen molar-refractivity contribution in [1.29, 1.82) is 0 Å². The molecule has 4 nitrogen and oxygen atoms in total. The number of hydrogen-bond acceptors (Lipinski definition) is 3. The first-order chi connectivity index (χ1) is 8.97. The van der Waals surface area contributed by atoms with Gasteiger partial charge >= 0.3 is 0 Å². The van der Waals surface area contributed by atoms with Gasteiger partial charge in [-0.1, -0.05) is 31.5 Å². The molecule has 1 aromatic carbocycles. The van der Waals surface area contributed by atoms with Crippen LogP contribution in [0.4, 0.5) is 5.69 Å². The Hall–Kier alpha value is -1.68. The summed E-state index contributed by atoms with van der Waals surface area (Å²) in [5.41, 5.74) is 0.630. The molecule has 0 saturated carbocycles. The van der Waals surface area contributed by atoms with Crippen LogP contribution in [0.1, 0.15) is 30.6 Å². The van der Waals surface area contributed by atoms with E-state index >= 15 is 0 Å². The second kappa shape index (κ2) is 5.13. The zero-order valence-corrected chi connectivity index (χ0v) is 11.5. The summed E-state index contributed by atoms with van der Waals surface area (Å²) in [6, 6.07) is 4.85. The largest absolute Gasteiger partial charge is 0.299 e. The lowest BCUT2D eigenvalue weighted by Crippen LogP contribution is -2.36. The molecule has 0 radical (unpaired) electrons. The van der Waals surface area contributed by atoms with E-state index in [1.807, 2.05) is 13.8 Å². The Balaban J connectivity index is 2.34. The Morgan fingerprint density at radius 3 is 2.68 bits per heavy atom. The Labute approximate surface area is 116 Å². The van der Waals surface area contributed by atoms with Gasteiger partial charge in [0.2, 0.25) is 0 Å². The molecule has 2 rings (SSSR count). The number of fused-ring (bicyclic) bond motifs is 1. The summed E-state index contributed by atoms with van der Waals surface area (Å²) in [5.74, 6) is -1.51. The van der Waals surface area contributed by atoms with Gasteiger partial charge < -0.3 is 0 Å². The van der Waals surface area contributed by atoms with Crippen LogP contribution in [-0.2, 0) is 9.59 Å². The van der Waals surface area contributed by atoms with Crippen molar-refractivity contribution in [2.45, 2.75) is 20.3 Å². The van der Waals surface area contributed by atoms with Gasteiger partial charge in [0.1, 0.15) is 0 Å². The molecule has 0 N–H and O–H groups in total. The molecule has 5 heteroatoms. The predicted octanol–water partition coefficient (Wildman–Crippen LogP) is 2.48. The van der Waals surface area contributed by atoms with Gasteiger partial charge in [0.25, 0.3) is 11.7 Å². The lowest BCUT2D eigenvalue weighted by atomic mass is 10.0. The number of amides is 1. The van der Waals surface area contributed by atoms with E-state index in [0.29, 0.717) is 12.1 Å². The Kier molecular flexibility index (Phi) is 3.71. The molecule has 1 aromatic rings. The summed E-state index contributed by atoms with van der Waals surface area (Å²) in [4.78, 5) is 36.9. The zero-order valence-electron chi connectivity index (χ0n) is 10.8. The van der Waals surface area contributed by atoms with Crippen LogP contribution in [0.3, 0.4) is 0 Å². The minimum atomic E-state index is -0.681. The van der Waals surface area contributed by atoms with Gasteiger partial charge in [-0.15, -0.1) is 0 Å². The molecule has 1 aliphatic heterocycles. The number of hydrogen-bond donors (Lipinski definition) is 0. The molecule has 0 spiro atoms. The molecule has 1 aliphatic rings. The van der Waals surface area contributed by atoms with E-state index in [9.17, 15) is 14.4 Å². The number of rotatable bonds is 4. The van der Waals surface area contributed by atoms with Gasteiger partial charge in [0, 0.05) is 5.92 Å². The van der Waals surface area contributed by atoms with E-state index in [4.69, 9.17) is 11.6 Å². The Morgan fingerprint density at radius 2 is 2.05 bits per heavy atom. The maximum Gasteiger partial charge on any atom is 0.299 e. The van der Waals surface area contributed by atoms with Crippen molar-refractivity contribution in [2.75, 3.05) is 11.4 Å². The SMILES string of the molecule is CCC(C)C(=O)CN1C(=O)C(=O)c2c(Cl)cccc21. The summed E-state index contributed by atoms with van der Waals surface area (Å²) >= 11 is 5.94. The topological polar surface area (TPSA) is 54.5 Å². The smallest absolute Gasteiger partial charge is 0.297 e. The first-order valence-electron chi connectivity index (χ1n) is 6.14. The van der Waals surface area contributed by atoms with Crippen molar-refractivity contribution >= 4 is 34.8 Å². The molecule has 1 atom stereocenters. The molecule has 0 fully saturated rings. The van der Waals surface area contributed by atoms with E-state index in [1.54, 1.807) is 18.2 Å². The molecule has 1 amide bonds. The first kappa shape index (κ1) is 13.7. The van der Waals surface area contributed by atoms with Crippen LogP contribution in [0, 0.1) is 5.92 Å². The number of carbonyl (C=O) groups excluding carboxylic acids is 3. The minimum absolute atomic E-state index is 0.0588. The number of carbonyl (C=O) groups is 3. The highest BCUT2D eigenvalue weighted by Crippen LogP contribution is 2.34. The standard InChI is InChI=1S/C14H14ClNO3/c1-3-8(2)11(17)7-16-10-6-4-5-9(15)12(10)13(18)14(16)19/h4-6,8H,3,7H2,1-2H3. The fourth-order valence-electron chi connectivity index (χ4n) is 2.00. The molecule has 1 unspecified atom stereocenters. The summed E-state index contributed by atoms with van der Waals surface area (Å²) in [6.45, 7) is 3.64. The highest BCUT2D eigenvalue weighted by Gasteiger charge is 2.38. The average Bonchev–Trinajstić information content (AvgIpc) is 2.64. The van der Waals surface area contributed by atoms with Crippen LogP contribution < -0.4 is 4.90 Å². The minimum Gasteiger partial charge on any atom is -0.297 e. The molecular formula is C14H14ClNO3. The zero-order chi connectivity index (χ0) is 14.2. The fourth-order valence-corrected chi connectivity index (χ4v) is 2.25. The molecule has 19 heavy (non-hydrogen) atoms. The van der Waals surface area contributed by atoms with Crippen molar-refractivity contribution < 1.29 is 14.4 Å². The number of halogens is 1. The van der Waals surface area contributed by atoms with E-state index in [0.717, 1.165) is 0 Å². The van der Waals surface area contributed by atoms with Crippen molar-refractivity contribution in [2.24, 2.45) is 5.92 Å². The van der Waals surface area contributed by atoms with Crippen molar-refractivity contribution in [3.8, 4) is 0 Å². The van der Waals surface area contributed by atoms with Crippen molar-refractivity contribution in [3.63, 3.8) is 0 Å². The number of benzene rings is 1. The van der Waals surface area contributed by atoms with Gasteiger partial charge in [0.05, 0.1) is 22.8 Å². The number of anilines is 1. The highest BCUT2D eigenvalue weighted by molar-refractivity contribution is 6.55. The van der Waals surface area contributed by atoms with Gasteiger partial charge in [-0.2, -0.15) is 0 Å². The molecule has 1 heterocycles. The number of ketones is 2. The monoisotopic (exact) mass is 279 g/mol. The quantitative estimate of drug-likeness (QED) is 0.796. The van der Waals surface area contributed by atoms with Gasteiger partial charge in [0.15, 0.2) is 5.78 Å². The van der Waals surface area contributed by atoms with Gasteiger partial charge in [-0.25, -0.2) is 0 Å². The first-order valence-corrected chi connectivity index (χ1v) is 6.52. The maximum absolute atomic E-state index is 11.9. The second-order valence-electron chi connectivity index (χ2n) is 4.63. The normalized spacial score (nSPS) is 15.6. The highest BCUT2D eigenvalue weighted by atomic mass is 35.5. The van der Waals surface area contributed by atoms with Crippen molar-refractivity contribution in [1.82, 2.24) is 0 Å². The molecule has 0 bridgehead atoms. The summed E-state index contributed by atoms with van der Waals surface area (Å²) in [7, 11) is 0. The van der Waals surface area contributed by atoms with Crippen LogP contribution in [-0.4, -0.2) is 24.0 Å². The molecule has 100 valence electrons. The second-order valence-corrected chi connectivity index (χ2v) is 5.04. The van der Waals surface area contributed by atoms with Gasteiger partial charge in [-0.3, -0.25) is 19.3 Å². The summed E-state index contributed by atoms with van der Waals surface area (Å²) in [5, 5.41) is 0.245. The predicted molar refractivity (Wildman–Crippen MR) is 72.6 cm³/mol. The van der Waals surface area contributed by atoms with Crippen LogP contribution in [0.5, 0.6) is 0 Å². The number of nitrogens with zero attached hydrogens (tertiary/aromatic N) is 1. The molecule has 0 aliphatic carbocycles. The molecular weight excluding hydrogens is 266 g/mol. The van der Waals surface area contributed by atoms with Crippen LogP contribution >= 0.6 is 11.6 Å². The van der Waals surface area contributed by atoms with E-state index in [1.165, 1.54) is 4.90 Å². The maximum atomic E-state index is 11.9. The molecule has 0 aromatic heterocycles. The van der Waals surface area contributed by atoms with Crippen LogP contribution in [0.2, 0.25) is 5.02 Å². The van der Waals surface area contributed by atoms with Gasteiger partial charge in [-0.05, 0) is 18.6 Å². The lowest BCUT2D eigenvalue weighted by Gasteiger charge is -2.17. The average molecular weight is 280 g/mol. The Bertz CT molecular complexity index is 568. The summed E-state index contributed by atoms with van der Waals surface area (Å²) < 4.78 is 0. The third-order valence-corrected chi connectivity index (χ3v) is 3.74. The van der Waals surface area contributed by atoms with E-state index in [2.05, 4.69) is 0 Å². The fraction of sp³-hybridized carbons (Fsp3) is 0.357. The summed E-state index contributed by atoms with van der Waals surface area (Å²) in [6.07, 6.45) is 0.706. The number of Topliss-reactive ketones (excluding diaryl/α,β-unsaturated/α-hetero) is 2.